The fourth-order valence-electron chi connectivity index (χ4n) is 9.50. The van der Waals surface area contributed by atoms with Crippen molar-refractivity contribution in [2.24, 2.45) is 11.8 Å². The highest BCUT2D eigenvalue weighted by molar-refractivity contribution is 7.97. The molecule has 2 saturated heterocycles. The summed E-state index contributed by atoms with van der Waals surface area (Å²) in [6.45, 7) is 8.97. The summed E-state index contributed by atoms with van der Waals surface area (Å²) in [6.07, 6.45) is 11.0. The van der Waals surface area contributed by atoms with Crippen LogP contribution in [0.5, 0.6) is 5.75 Å². The number of amides is 2. The predicted molar refractivity (Wildman–Crippen MR) is 206 cm³/mol. The normalized spacial score (nSPS) is 34.8. The number of unbranched alkanes of at least 4 members (excludes halogenated alkanes) is 2. The first-order chi connectivity index (χ1) is 25.2. The lowest BCUT2D eigenvalue weighted by molar-refractivity contribution is -0.0720. The zero-order chi connectivity index (χ0) is 36.5. The molecule has 5 heterocycles. The van der Waals surface area contributed by atoms with E-state index >= 15 is 0 Å². The molecule has 5 unspecified atom stereocenters. The maximum absolute atomic E-state index is 13.5. The van der Waals surface area contributed by atoms with E-state index in [0.717, 1.165) is 54.3 Å². The van der Waals surface area contributed by atoms with Gasteiger partial charge in [0.05, 0.1) is 42.0 Å². The summed E-state index contributed by atoms with van der Waals surface area (Å²) in [6, 6.07) is 6.95. The maximum Gasteiger partial charge on any atom is 0.317 e. The molecule has 1 aromatic carbocycles. The molecule has 8 atom stereocenters. The van der Waals surface area contributed by atoms with E-state index in [1.807, 2.05) is 43.1 Å². The fourth-order valence-corrected chi connectivity index (χ4v) is 10.6. The van der Waals surface area contributed by atoms with E-state index in [9.17, 15) is 20.1 Å². The highest BCUT2D eigenvalue weighted by atomic mass is 32.2. The van der Waals surface area contributed by atoms with Crippen molar-refractivity contribution in [1.82, 2.24) is 30.1 Å². The number of carbonyl (C=O) groups is 1. The Labute approximate surface area is 313 Å². The lowest BCUT2D eigenvalue weighted by Crippen LogP contribution is -2.61. The van der Waals surface area contributed by atoms with E-state index in [1.165, 1.54) is 24.8 Å². The number of morpholine rings is 1. The number of carbonyl (C=O) groups excluding carboxylic acids is 1. The summed E-state index contributed by atoms with van der Waals surface area (Å²) in [4.78, 5) is 21.9. The average molecular weight is 737 g/mol. The second-order valence-electron chi connectivity index (χ2n) is 16.0. The third-order valence-electron chi connectivity index (χ3n) is 12.6. The van der Waals surface area contributed by atoms with Crippen molar-refractivity contribution >= 4 is 28.9 Å². The average Bonchev–Trinajstić information content (AvgIpc) is 3.87. The molecule has 6 aliphatic rings. The van der Waals surface area contributed by atoms with Gasteiger partial charge in [-0.2, -0.15) is 0 Å². The van der Waals surface area contributed by atoms with Crippen LogP contribution in [0.15, 0.2) is 35.9 Å². The van der Waals surface area contributed by atoms with E-state index in [0.29, 0.717) is 63.7 Å². The molecule has 2 amide bonds. The number of fused-ring (bicyclic) bond motifs is 9. The molecule has 4 fully saturated rings. The van der Waals surface area contributed by atoms with Crippen molar-refractivity contribution in [2.75, 3.05) is 38.6 Å². The van der Waals surface area contributed by atoms with Gasteiger partial charge in [0.1, 0.15) is 18.2 Å². The molecule has 2 aromatic rings. The van der Waals surface area contributed by atoms with Crippen molar-refractivity contribution in [3.8, 4) is 5.75 Å². The van der Waals surface area contributed by atoms with Gasteiger partial charge in [-0.3, -0.25) is 14.9 Å². The van der Waals surface area contributed by atoms with Gasteiger partial charge in [-0.1, -0.05) is 68.8 Å². The number of nitrogens with zero attached hydrogens (tertiary/aromatic N) is 3. The Morgan fingerprint density at radius 1 is 1.15 bits per heavy atom. The summed E-state index contributed by atoms with van der Waals surface area (Å²) in [5.74, 6) is 1.82. The number of aliphatic hydroxyl groups is 2. The van der Waals surface area contributed by atoms with E-state index in [4.69, 9.17) is 4.74 Å². The van der Waals surface area contributed by atoms with E-state index < -0.39 is 18.5 Å². The van der Waals surface area contributed by atoms with Gasteiger partial charge in [0.2, 0.25) is 0 Å². The lowest BCUT2D eigenvalue weighted by Gasteiger charge is -2.39. The fraction of sp³-hybridized carbons (Fsp3) is 0.700. The number of para-hydroxylation sites is 1. The monoisotopic (exact) mass is 736 g/mol. The van der Waals surface area contributed by atoms with Crippen molar-refractivity contribution in [2.45, 2.75) is 127 Å². The number of benzene rings is 1. The largest absolute Gasteiger partial charge is 0.506 e. The lowest BCUT2D eigenvalue weighted by atomic mass is 9.93. The SMILES string of the molecule is CCCCCSNC12/C3=C/CCCCC[C@H](NC(=O)N4CCOCC4)C(O)N4CC(CCc5c(O)c(C)nc6ccccc56)C[C@H]4C(O)N[C@]1(C)C32. The van der Waals surface area contributed by atoms with Crippen LogP contribution in [0.1, 0.15) is 89.3 Å². The Morgan fingerprint density at radius 2 is 1.96 bits per heavy atom. The molecule has 12 heteroatoms. The van der Waals surface area contributed by atoms with Crippen LogP contribution < -0.4 is 15.4 Å². The van der Waals surface area contributed by atoms with E-state index in [2.05, 4.69) is 45.2 Å². The highest BCUT2D eigenvalue weighted by Crippen LogP contribution is 2.79. The quantitative estimate of drug-likeness (QED) is 0.113. The molecule has 11 nitrogen and oxygen atoms in total. The molecule has 6 N–H and O–H groups in total. The summed E-state index contributed by atoms with van der Waals surface area (Å²) < 4.78 is 9.32. The molecule has 2 aliphatic carbocycles. The number of hydrogen-bond acceptors (Lipinski definition) is 10. The van der Waals surface area contributed by atoms with Crippen LogP contribution in [-0.4, -0.2) is 110 Å². The topological polar surface area (TPSA) is 142 Å². The van der Waals surface area contributed by atoms with Crippen LogP contribution in [0.3, 0.4) is 0 Å². The second-order valence-corrected chi connectivity index (χ2v) is 16.9. The van der Waals surface area contributed by atoms with Gasteiger partial charge in [-0.25, -0.2) is 9.78 Å². The third kappa shape index (κ3) is 7.33. The number of aromatic hydroxyl groups is 1. The summed E-state index contributed by atoms with van der Waals surface area (Å²) in [7, 11) is 0. The van der Waals surface area contributed by atoms with Gasteiger partial charge >= 0.3 is 6.03 Å². The molecule has 2 bridgehead atoms. The number of ether oxygens (including phenoxy) is 1. The van der Waals surface area contributed by atoms with Crippen LogP contribution >= 0.6 is 11.9 Å². The molecule has 4 aliphatic heterocycles. The number of urea groups is 1. The first-order valence-corrected chi connectivity index (χ1v) is 20.9. The molecule has 2 saturated carbocycles. The van der Waals surface area contributed by atoms with Gasteiger partial charge in [-0.15, -0.1) is 0 Å². The van der Waals surface area contributed by atoms with Crippen molar-refractivity contribution in [3.63, 3.8) is 0 Å². The first kappa shape index (κ1) is 37.8. The predicted octanol–water partition coefficient (Wildman–Crippen LogP) is 4.97. The van der Waals surface area contributed by atoms with Crippen molar-refractivity contribution in [1.29, 1.82) is 0 Å². The number of nitrogens with one attached hydrogen (secondary N) is 3. The zero-order valence-electron chi connectivity index (χ0n) is 31.3. The number of allylic oxidation sites excluding steroid dienone is 1. The van der Waals surface area contributed by atoms with Crippen LogP contribution in [0.2, 0.25) is 0 Å². The Bertz CT molecular complexity index is 1610. The van der Waals surface area contributed by atoms with Crippen molar-refractivity contribution in [3.05, 3.63) is 47.2 Å². The Morgan fingerprint density at radius 3 is 2.77 bits per heavy atom. The Kier molecular flexibility index (Phi) is 11.7. The summed E-state index contributed by atoms with van der Waals surface area (Å²) in [5, 5.41) is 43.3. The summed E-state index contributed by atoms with van der Waals surface area (Å²) >= 11 is 1.81. The highest BCUT2D eigenvalue weighted by Gasteiger charge is 2.91. The molecule has 8 rings (SSSR count). The number of aliphatic hydroxyl groups excluding tert-OH is 2. The number of pyridine rings is 1. The Balaban J connectivity index is 1.12. The van der Waals surface area contributed by atoms with Crippen LogP contribution in [-0.2, 0) is 11.2 Å². The van der Waals surface area contributed by atoms with Crippen LogP contribution in [0.4, 0.5) is 4.79 Å². The minimum Gasteiger partial charge on any atom is -0.506 e. The smallest absolute Gasteiger partial charge is 0.317 e. The Hall–Kier alpha value is -2.45. The second kappa shape index (κ2) is 16.1. The molecule has 286 valence electrons. The van der Waals surface area contributed by atoms with Crippen LogP contribution in [0, 0.1) is 18.8 Å². The number of rotatable bonds is 10. The van der Waals surface area contributed by atoms with Crippen LogP contribution in [0.25, 0.3) is 10.9 Å². The minimum absolute atomic E-state index is 0.140. The molecular formula is C40H60N6O5S. The van der Waals surface area contributed by atoms with Gasteiger partial charge < -0.3 is 30.3 Å². The number of aromatic nitrogens is 1. The number of hydrogen-bond donors (Lipinski definition) is 6. The van der Waals surface area contributed by atoms with Gasteiger partial charge in [0, 0.05) is 47.8 Å². The molecule has 0 radical (unpaired) electrons. The molecule has 52 heavy (non-hydrogen) atoms. The molecule has 1 aromatic heterocycles. The van der Waals surface area contributed by atoms with Gasteiger partial charge in [0.15, 0.2) is 0 Å². The first-order valence-electron chi connectivity index (χ1n) is 19.9. The third-order valence-corrected chi connectivity index (χ3v) is 13.6. The molecule has 0 spiro atoms. The maximum atomic E-state index is 13.5. The van der Waals surface area contributed by atoms with E-state index in [-0.39, 0.29) is 34.8 Å². The zero-order valence-corrected chi connectivity index (χ0v) is 32.1. The minimum atomic E-state index is -0.963. The van der Waals surface area contributed by atoms with Gasteiger partial charge in [0.25, 0.3) is 0 Å². The van der Waals surface area contributed by atoms with Gasteiger partial charge in [-0.05, 0) is 76.4 Å². The standard InChI is InChI=1S/C40H60N6O5S/c1-4-5-12-23-52-44-40-30-14-8-6-7-9-16-32(42-38(50)45-19-21-51-22-20-45)37(49)46-25-27(24-33(46)36(48)43-39(40,3)35(30)40)17-18-29-28-13-10-11-15-31(28)41-26(2)34(29)47/h10-11,13-15,27,32-33,35-37,43-44,47-49H,4-9,12,16-25H2,1-3H3,(H,42,50)/b30-14+/t27?,32-,33-,35?,36?,37?,39+,40?/m0/s1. The number of aryl methyl sites for hydroxylation is 2. The molecular weight excluding hydrogens is 677 g/mol. The van der Waals surface area contributed by atoms with Crippen molar-refractivity contribution < 1.29 is 24.9 Å². The van der Waals surface area contributed by atoms with E-state index in [1.54, 1.807) is 4.90 Å². The summed E-state index contributed by atoms with van der Waals surface area (Å²) in [5.41, 5.74) is 3.43.